The molecule has 5 rings (SSSR count). The van der Waals surface area contributed by atoms with E-state index < -0.39 is 23.9 Å². The monoisotopic (exact) mass is 1030 g/mol. The van der Waals surface area contributed by atoms with Crippen molar-refractivity contribution in [3.8, 4) is 0 Å². The minimum atomic E-state index is -0.575. The van der Waals surface area contributed by atoms with E-state index in [-0.39, 0.29) is 78.9 Å². The van der Waals surface area contributed by atoms with Gasteiger partial charge in [-0.2, -0.15) is 0 Å². The average Bonchev–Trinajstić information content (AvgIpc) is 4.02. The summed E-state index contributed by atoms with van der Waals surface area (Å²) in [6.07, 6.45) is 16.0. The Morgan fingerprint density at radius 2 is 1.43 bits per heavy atom. The van der Waals surface area contributed by atoms with Crippen molar-refractivity contribution in [3.05, 3.63) is 87.0 Å². The van der Waals surface area contributed by atoms with Crippen molar-refractivity contribution in [2.24, 2.45) is 17.8 Å². The van der Waals surface area contributed by atoms with Gasteiger partial charge in [-0.05, 0) is 132 Å². The minimum Gasteiger partial charge on any atom is -0.469 e. The molecule has 0 fully saturated rings. The van der Waals surface area contributed by atoms with Crippen molar-refractivity contribution >= 4 is 86.2 Å². The van der Waals surface area contributed by atoms with Gasteiger partial charge in [-0.3, -0.25) is 24.2 Å². The standard InChI is InChI=1S/C61H87N5O7.Mg/c1-15-45-41(10)49-33-51-43(12)47(27-28-55(67)73-30-29-39(8)26-20-25-38(7)24-19-23-37(6)22-18-21-36(4)5)59(65-51)48(32-56(68)71-14)60-58(61(70)62-40(9)31-57(69)72-17-3)44(13)52(66-60)35-54-46(16-2)42(11)50(64-54)34-53(45)63-49;/h15,29,33-38,40,43,47,63-64H,1,16-28,30-32H2,2-14H3,(H,62,70);/q;+2/b39-29+,49-33?,50-34?,51-33?,52-35?,53-34?,54-35?,59-48?,60-48?;. The SMILES string of the molecule is C=Cc1c(C)c2cc3nc(c(CC(=O)OC)c4nc(cc5[nH]c(cc1[nH]2)c(C)c5CC)C(C)=C4C(=O)NC(C)CC(=O)OCC)C(CCC(=O)OC/C=C(\C)CCCC(C)CCCC(C)CCCC(C)C)C3C.[Mg+2]. The normalized spacial score (nSPS) is 15.8. The Morgan fingerprint density at radius 1 is 0.784 bits per heavy atom. The van der Waals surface area contributed by atoms with E-state index >= 15 is 0 Å². The molecule has 8 bridgehead atoms. The summed E-state index contributed by atoms with van der Waals surface area (Å²) in [6.45, 7) is 29.7. The van der Waals surface area contributed by atoms with Crippen LogP contribution in [0.2, 0.25) is 0 Å². The molecule has 0 spiro atoms. The zero-order chi connectivity index (χ0) is 53.5. The summed E-state index contributed by atoms with van der Waals surface area (Å²) < 4.78 is 16.3. The topological polar surface area (TPSA) is 165 Å². The van der Waals surface area contributed by atoms with Crippen LogP contribution in [0.5, 0.6) is 0 Å². The number of nitrogens with one attached hydrogen (secondary N) is 3. The Labute approximate surface area is 458 Å². The van der Waals surface area contributed by atoms with E-state index in [9.17, 15) is 19.2 Å². The van der Waals surface area contributed by atoms with E-state index in [1.54, 1.807) is 13.8 Å². The third-order valence-electron chi connectivity index (χ3n) is 15.1. The minimum absolute atomic E-state index is 0. The summed E-state index contributed by atoms with van der Waals surface area (Å²) in [5.41, 5.74) is 12.3. The van der Waals surface area contributed by atoms with Crippen LogP contribution >= 0.6 is 0 Å². The van der Waals surface area contributed by atoms with E-state index in [2.05, 4.69) is 90.2 Å². The summed E-state index contributed by atoms with van der Waals surface area (Å²) in [5.74, 6) is -0.0567. The number of amides is 1. The van der Waals surface area contributed by atoms with Crippen LogP contribution in [0.4, 0.5) is 0 Å². The van der Waals surface area contributed by atoms with Crippen molar-refractivity contribution < 1.29 is 33.4 Å². The van der Waals surface area contributed by atoms with Gasteiger partial charge in [0.25, 0.3) is 5.91 Å². The predicted octanol–water partition coefficient (Wildman–Crippen LogP) is 13.5. The predicted molar refractivity (Wildman–Crippen MR) is 303 cm³/mol. The number of carbonyl (C=O) groups is 4. The molecule has 3 aromatic rings. The number of H-pyrrole nitrogens is 2. The summed E-state index contributed by atoms with van der Waals surface area (Å²) in [4.78, 5) is 72.2. The van der Waals surface area contributed by atoms with Crippen molar-refractivity contribution in [2.75, 3.05) is 20.3 Å². The number of hydrogen-bond donors (Lipinski definition) is 3. The van der Waals surface area contributed by atoms with Crippen LogP contribution in [0.25, 0.3) is 39.3 Å². The van der Waals surface area contributed by atoms with Crippen LogP contribution < -0.4 is 5.32 Å². The number of aromatic amines is 2. The molecule has 5 heterocycles. The van der Waals surface area contributed by atoms with Crippen molar-refractivity contribution in [2.45, 2.75) is 191 Å². The maximum atomic E-state index is 14.7. The van der Waals surface area contributed by atoms with Gasteiger partial charge >= 0.3 is 41.0 Å². The van der Waals surface area contributed by atoms with Crippen molar-refractivity contribution in [1.82, 2.24) is 25.3 Å². The molecule has 0 radical (unpaired) electrons. The number of ether oxygens (including phenoxy) is 3. The summed E-state index contributed by atoms with van der Waals surface area (Å²) >= 11 is 0. The fourth-order valence-corrected chi connectivity index (χ4v) is 10.6. The van der Waals surface area contributed by atoms with E-state index in [1.807, 2.05) is 31.2 Å². The third-order valence-corrected chi connectivity index (χ3v) is 15.1. The molecule has 5 atom stereocenters. The molecule has 2 aliphatic heterocycles. The Morgan fingerprint density at radius 3 is 2.07 bits per heavy atom. The number of fused-ring (bicyclic) bond motifs is 8. The number of carbonyl (C=O) groups excluding carboxylic acids is 4. The maximum absolute atomic E-state index is 14.7. The molecule has 3 N–H and O–H groups in total. The van der Waals surface area contributed by atoms with E-state index in [0.29, 0.717) is 40.6 Å². The average molecular weight is 1030 g/mol. The number of esters is 3. The molecule has 0 saturated heterocycles. The number of methoxy groups -OCH3 is 1. The number of rotatable bonds is 26. The van der Waals surface area contributed by atoms with Crippen LogP contribution in [0.3, 0.4) is 0 Å². The zero-order valence-electron chi connectivity index (χ0n) is 47.3. The second-order valence-corrected chi connectivity index (χ2v) is 21.4. The first-order chi connectivity index (χ1) is 34.8. The molecule has 74 heavy (non-hydrogen) atoms. The molecule has 13 heteroatoms. The number of hydrogen-bond acceptors (Lipinski definition) is 9. The number of aromatic nitrogens is 4. The van der Waals surface area contributed by atoms with Crippen LogP contribution in [-0.2, 0) is 46.2 Å². The molecular formula is C61H87MgN5O7+2. The van der Waals surface area contributed by atoms with Gasteiger partial charge in [0.05, 0.1) is 49.2 Å². The molecular weight excluding hydrogens is 939 g/mol. The summed E-state index contributed by atoms with van der Waals surface area (Å²) in [7, 11) is 1.33. The summed E-state index contributed by atoms with van der Waals surface area (Å²) in [5, 5.41) is 3.01. The van der Waals surface area contributed by atoms with Gasteiger partial charge in [-0.25, -0.2) is 4.98 Å². The molecule has 398 valence electrons. The smallest absolute Gasteiger partial charge is 0.469 e. The largest absolute Gasteiger partial charge is 2.00 e. The summed E-state index contributed by atoms with van der Waals surface area (Å²) in [6, 6.07) is 5.52. The molecule has 0 aliphatic carbocycles. The molecule has 3 aromatic heterocycles. The number of allylic oxidation sites excluding steroid dienone is 2. The Hall–Kier alpha value is -5.01. The van der Waals surface area contributed by atoms with Gasteiger partial charge < -0.3 is 29.5 Å². The molecule has 2 aliphatic rings. The van der Waals surface area contributed by atoms with E-state index in [4.69, 9.17) is 24.2 Å². The first-order valence-corrected chi connectivity index (χ1v) is 27.2. The van der Waals surface area contributed by atoms with Crippen LogP contribution in [0, 0.1) is 31.6 Å². The second-order valence-electron chi connectivity index (χ2n) is 21.4. The van der Waals surface area contributed by atoms with Gasteiger partial charge in [0.15, 0.2) is 0 Å². The van der Waals surface area contributed by atoms with Crippen LogP contribution in [-0.4, -0.2) is 93.2 Å². The second kappa shape index (κ2) is 29.3. The Bertz CT molecular complexity index is 2690. The van der Waals surface area contributed by atoms with Gasteiger partial charge in [0, 0.05) is 63.2 Å². The van der Waals surface area contributed by atoms with E-state index in [1.165, 1.54) is 57.6 Å². The number of nitrogens with zero attached hydrogens (tertiary/aromatic N) is 2. The molecule has 1 amide bonds. The van der Waals surface area contributed by atoms with Crippen LogP contribution in [0.15, 0.2) is 36.4 Å². The maximum Gasteiger partial charge on any atom is 2.00 e. The number of aryl methyl sites for hydroxylation is 3. The Balaban J connectivity index is 0.0000119. The van der Waals surface area contributed by atoms with Crippen molar-refractivity contribution in [3.63, 3.8) is 0 Å². The fourth-order valence-electron chi connectivity index (χ4n) is 10.6. The Kier molecular flexibility index (Phi) is 24.4. The van der Waals surface area contributed by atoms with Crippen LogP contribution in [0.1, 0.15) is 209 Å². The van der Waals surface area contributed by atoms with E-state index in [0.717, 1.165) is 81.1 Å². The van der Waals surface area contributed by atoms with Crippen molar-refractivity contribution in [1.29, 1.82) is 0 Å². The van der Waals surface area contributed by atoms with Gasteiger partial charge in [-0.15, -0.1) is 0 Å². The molecule has 0 saturated carbocycles. The first kappa shape index (κ1) is 61.5. The van der Waals surface area contributed by atoms with Gasteiger partial charge in [0.2, 0.25) is 0 Å². The molecule has 0 aromatic carbocycles. The third kappa shape index (κ3) is 16.5. The molecule has 12 nitrogen and oxygen atoms in total. The first-order valence-electron chi connectivity index (χ1n) is 27.2. The molecule has 5 unspecified atom stereocenters. The zero-order valence-corrected chi connectivity index (χ0v) is 48.7. The van der Waals surface area contributed by atoms with Gasteiger partial charge in [-0.1, -0.05) is 105 Å². The van der Waals surface area contributed by atoms with Gasteiger partial charge in [0.1, 0.15) is 6.61 Å². The fraction of sp³-hybridized carbons (Fsp3) is 0.574. The quantitative estimate of drug-likeness (QED) is 0.0307.